The average molecular weight is 252 g/mol. The third kappa shape index (κ3) is 4.77. The first-order chi connectivity index (χ1) is 8.51. The number of aromatic nitrogens is 2. The van der Waals surface area contributed by atoms with Crippen LogP contribution in [0.3, 0.4) is 0 Å². The van der Waals surface area contributed by atoms with E-state index in [4.69, 9.17) is 5.11 Å². The van der Waals surface area contributed by atoms with Crippen LogP contribution in [0.2, 0.25) is 0 Å². The van der Waals surface area contributed by atoms with Crippen molar-refractivity contribution in [3.05, 3.63) is 17.6 Å². The van der Waals surface area contributed by atoms with E-state index in [0.29, 0.717) is 11.6 Å². The SMILES string of the molecule is CCc1cc(NCC(=O)NCC(=O)O)nc(C)n1. The lowest BCUT2D eigenvalue weighted by Crippen LogP contribution is -2.34. The molecule has 0 atom stereocenters. The highest BCUT2D eigenvalue weighted by Crippen LogP contribution is 2.06. The molecule has 7 nitrogen and oxygen atoms in total. The fourth-order valence-electron chi connectivity index (χ4n) is 1.31. The molecule has 1 heterocycles. The highest BCUT2D eigenvalue weighted by atomic mass is 16.4. The number of hydrogen-bond donors (Lipinski definition) is 3. The number of hydrogen-bond acceptors (Lipinski definition) is 5. The molecule has 0 fully saturated rings. The molecule has 1 aromatic rings. The van der Waals surface area contributed by atoms with Crippen molar-refractivity contribution in [2.75, 3.05) is 18.4 Å². The number of anilines is 1. The molecule has 0 aromatic carbocycles. The first kappa shape index (κ1) is 13.9. The standard InChI is InChI=1S/C11H16N4O3/c1-3-8-4-9(15-7(2)14-8)12-5-10(16)13-6-11(17)18/h4H,3,5-6H2,1-2H3,(H,13,16)(H,17,18)(H,12,14,15). The van der Waals surface area contributed by atoms with Gasteiger partial charge in [0.25, 0.3) is 0 Å². The van der Waals surface area contributed by atoms with E-state index in [1.807, 2.05) is 6.92 Å². The Morgan fingerprint density at radius 2 is 2.06 bits per heavy atom. The van der Waals surface area contributed by atoms with Gasteiger partial charge in [-0.25, -0.2) is 9.97 Å². The topological polar surface area (TPSA) is 104 Å². The van der Waals surface area contributed by atoms with Crippen LogP contribution >= 0.6 is 0 Å². The number of aliphatic carboxylic acids is 1. The smallest absolute Gasteiger partial charge is 0.322 e. The minimum Gasteiger partial charge on any atom is -0.480 e. The van der Waals surface area contributed by atoms with Crippen molar-refractivity contribution in [1.82, 2.24) is 15.3 Å². The van der Waals surface area contributed by atoms with Crippen LogP contribution < -0.4 is 10.6 Å². The molecule has 0 radical (unpaired) electrons. The maximum atomic E-state index is 11.3. The molecule has 0 saturated carbocycles. The van der Waals surface area contributed by atoms with Gasteiger partial charge in [-0.15, -0.1) is 0 Å². The molecule has 0 aliphatic carbocycles. The van der Waals surface area contributed by atoms with Gasteiger partial charge in [-0.1, -0.05) is 6.92 Å². The second kappa shape index (κ2) is 6.53. The summed E-state index contributed by atoms with van der Waals surface area (Å²) in [7, 11) is 0. The molecule has 1 amide bonds. The lowest BCUT2D eigenvalue weighted by Gasteiger charge is -2.07. The molecule has 0 unspecified atom stereocenters. The lowest BCUT2D eigenvalue weighted by molar-refractivity contribution is -0.137. The number of amides is 1. The third-order valence-electron chi connectivity index (χ3n) is 2.12. The summed E-state index contributed by atoms with van der Waals surface area (Å²) in [6.45, 7) is 3.34. The number of carbonyl (C=O) groups excluding carboxylic acids is 1. The van der Waals surface area contributed by atoms with Gasteiger partial charge >= 0.3 is 5.97 Å². The monoisotopic (exact) mass is 252 g/mol. The highest BCUT2D eigenvalue weighted by Gasteiger charge is 2.05. The summed E-state index contributed by atoms with van der Waals surface area (Å²) in [4.78, 5) is 29.9. The third-order valence-corrected chi connectivity index (χ3v) is 2.12. The Balaban J connectivity index is 2.50. The van der Waals surface area contributed by atoms with Gasteiger partial charge in [0.1, 0.15) is 18.2 Å². The zero-order chi connectivity index (χ0) is 13.5. The van der Waals surface area contributed by atoms with Crippen LogP contribution in [0.5, 0.6) is 0 Å². The van der Waals surface area contributed by atoms with Gasteiger partial charge in [0, 0.05) is 11.8 Å². The number of rotatable bonds is 6. The Bertz CT molecular complexity index is 448. The average Bonchev–Trinajstić information content (AvgIpc) is 2.33. The lowest BCUT2D eigenvalue weighted by atomic mass is 10.3. The van der Waals surface area contributed by atoms with Crippen molar-refractivity contribution < 1.29 is 14.7 Å². The van der Waals surface area contributed by atoms with E-state index in [1.165, 1.54) is 0 Å². The largest absolute Gasteiger partial charge is 0.480 e. The highest BCUT2D eigenvalue weighted by molar-refractivity contribution is 5.84. The van der Waals surface area contributed by atoms with Gasteiger partial charge in [0.15, 0.2) is 0 Å². The first-order valence-corrected chi connectivity index (χ1v) is 5.58. The van der Waals surface area contributed by atoms with Crippen LogP contribution in [0.25, 0.3) is 0 Å². The molecule has 0 bridgehead atoms. The molecule has 1 aromatic heterocycles. The van der Waals surface area contributed by atoms with Crippen molar-refractivity contribution in [1.29, 1.82) is 0 Å². The van der Waals surface area contributed by atoms with Gasteiger partial charge in [-0.05, 0) is 13.3 Å². The molecule has 0 spiro atoms. The number of nitrogens with zero attached hydrogens (tertiary/aromatic N) is 2. The Morgan fingerprint density at radius 1 is 1.33 bits per heavy atom. The van der Waals surface area contributed by atoms with E-state index in [1.54, 1.807) is 13.0 Å². The summed E-state index contributed by atoms with van der Waals surface area (Å²) in [5.41, 5.74) is 0.885. The zero-order valence-corrected chi connectivity index (χ0v) is 10.4. The Hall–Kier alpha value is -2.18. The van der Waals surface area contributed by atoms with E-state index in [0.717, 1.165) is 12.1 Å². The summed E-state index contributed by atoms with van der Waals surface area (Å²) in [6.07, 6.45) is 0.781. The van der Waals surface area contributed by atoms with Gasteiger partial charge in [0.05, 0.1) is 6.54 Å². The zero-order valence-electron chi connectivity index (χ0n) is 10.4. The predicted molar refractivity (Wildman–Crippen MR) is 65.3 cm³/mol. The summed E-state index contributed by atoms with van der Waals surface area (Å²) in [5, 5.41) is 13.5. The molecule has 3 N–H and O–H groups in total. The molecule has 1 rings (SSSR count). The second-order valence-corrected chi connectivity index (χ2v) is 3.67. The van der Waals surface area contributed by atoms with Crippen LogP contribution in [-0.2, 0) is 16.0 Å². The fraction of sp³-hybridized carbons (Fsp3) is 0.455. The fourth-order valence-corrected chi connectivity index (χ4v) is 1.31. The molecular formula is C11H16N4O3. The molecule has 18 heavy (non-hydrogen) atoms. The van der Waals surface area contributed by atoms with Gasteiger partial charge in [-0.2, -0.15) is 0 Å². The molecular weight excluding hydrogens is 236 g/mol. The van der Waals surface area contributed by atoms with Crippen molar-refractivity contribution in [2.45, 2.75) is 20.3 Å². The summed E-state index contributed by atoms with van der Waals surface area (Å²) >= 11 is 0. The van der Waals surface area contributed by atoms with Crippen molar-refractivity contribution in [3.63, 3.8) is 0 Å². The number of carboxylic acid groups (broad SMARTS) is 1. The molecule has 0 saturated heterocycles. The van der Waals surface area contributed by atoms with Gasteiger partial charge in [-0.3, -0.25) is 9.59 Å². The van der Waals surface area contributed by atoms with E-state index in [-0.39, 0.29) is 13.1 Å². The summed E-state index contributed by atoms with van der Waals surface area (Å²) < 4.78 is 0. The Morgan fingerprint density at radius 3 is 2.67 bits per heavy atom. The molecule has 7 heteroatoms. The van der Waals surface area contributed by atoms with Gasteiger partial charge < -0.3 is 15.7 Å². The Kier molecular flexibility index (Phi) is 5.04. The summed E-state index contributed by atoms with van der Waals surface area (Å²) in [5.74, 6) is -0.283. The molecule has 0 aliphatic heterocycles. The maximum Gasteiger partial charge on any atom is 0.322 e. The van der Waals surface area contributed by atoms with Crippen molar-refractivity contribution in [2.24, 2.45) is 0 Å². The normalized spacial score (nSPS) is 9.89. The minimum absolute atomic E-state index is 0.0209. The van der Waals surface area contributed by atoms with E-state index >= 15 is 0 Å². The second-order valence-electron chi connectivity index (χ2n) is 3.67. The number of aryl methyl sites for hydroxylation is 2. The number of carbonyl (C=O) groups is 2. The maximum absolute atomic E-state index is 11.3. The summed E-state index contributed by atoms with van der Waals surface area (Å²) in [6, 6.07) is 1.76. The van der Waals surface area contributed by atoms with Crippen LogP contribution in [0.15, 0.2) is 6.07 Å². The Labute approximate surface area is 105 Å². The molecule has 0 aliphatic rings. The molecule has 98 valence electrons. The first-order valence-electron chi connectivity index (χ1n) is 5.58. The van der Waals surface area contributed by atoms with Crippen LogP contribution in [0, 0.1) is 6.92 Å². The van der Waals surface area contributed by atoms with Gasteiger partial charge in [0.2, 0.25) is 5.91 Å². The van der Waals surface area contributed by atoms with E-state index in [2.05, 4.69) is 20.6 Å². The van der Waals surface area contributed by atoms with E-state index in [9.17, 15) is 9.59 Å². The van der Waals surface area contributed by atoms with Crippen molar-refractivity contribution >= 4 is 17.7 Å². The van der Waals surface area contributed by atoms with Crippen LogP contribution in [-0.4, -0.2) is 40.0 Å². The van der Waals surface area contributed by atoms with Crippen LogP contribution in [0.1, 0.15) is 18.4 Å². The number of carboxylic acids is 1. The van der Waals surface area contributed by atoms with Crippen molar-refractivity contribution in [3.8, 4) is 0 Å². The predicted octanol–water partition coefficient (Wildman–Crippen LogP) is -0.0399. The van der Waals surface area contributed by atoms with E-state index < -0.39 is 11.9 Å². The number of nitrogens with one attached hydrogen (secondary N) is 2. The quantitative estimate of drug-likeness (QED) is 0.656. The van der Waals surface area contributed by atoms with Crippen LogP contribution in [0.4, 0.5) is 5.82 Å². The minimum atomic E-state index is -1.07.